The smallest absolute Gasteiger partial charge is 0.308 e. The van der Waals surface area contributed by atoms with E-state index in [1.165, 1.54) is 6.92 Å². The molecular formula is C18H16O4. The largest absolute Gasteiger partial charge is 0.497 e. The summed E-state index contributed by atoms with van der Waals surface area (Å²) < 4.78 is 15.9. The van der Waals surface area contributed by atoms with E-state index in [0.717, 1.165) is 33.0 Å². The maximum absolute atomic E-state index is 11.1. The summed E-state index contributed by atoms with van der Waals surface area (Å²) >= 11 is 0. The van der Waals surface area contributed by atoms with Crippen molar-refractivity contribution in [1.29, 1.82) is 0 Å². The van der Waals surface area contributed by atoms with Crippen LogP contribution < -0.4 is 14.2 Å². The van der Waals surface area contributed by atoms with Gasteiger partial charge in [-0.2, -0.15) is 0 Å². The molecule has 0 aliphatic rings. The topological polar surface area (TPSA) is 44.8 Å². The van der Waals surface area contributed by atoms with Crippen LogP contribution in [0.25, 0.3) is 21.5 Å². The first-order valence-corrected chi connectivity index (χ1v) is 6.89. The minimum absolute atomic E-state index is 0.331. The van der Waals surface area contributed by atoms with Crippen LogP contribution in [0.2, 0.25) is 0 Å². The molecule has 0 unspecified atom stereocenters. The zero-order valence-electron chi connectivity index (χ0n) is 12.7. The van der Waals surface area contributed by atoms with Crippen molar-refractivity contribution in [3.8, 4) is 17.2 Å². The predicted molar refractivity (Wildman–Crippen MR) is 85.9 cm³/mol. The number of ether oxygens (including phenoxy) is 3. The maximum atomic E-state index is 11.1. The molecule has 22 heavy (non-hydrogen) atoms. The van der Waals surface area contributed by atoms with Crippen LogP contribution in [-0.4, -0.2) is 20.2 Å². The van der Waals surface area contributed by atoms with Gasteiger partial charge in [0.15, 0.2) is 0 Å². The fraction of sp³-hybridized carbons (Fsp3) is 0.167. The van der Waals surface area contributed by atoms with Crippen molar-refractivity contribution in [3.63, 3.8) is 0 Å². The molecule has 0 saturated carbocycles. The Bertz CT molecular complexity index is 868. The predicted octanol–water partition coefficient (Wildman–Crippen LogP) is 3.94. The van der Waals surface area contributed by atoms with Crippen molar-refractivity contribution in [2.75, 3.05) is 14.2 Å². The van der Waals surface area contributed by atoms with Crippen molar-refractivity contribution < 1.29 is 19.0 Å². The number of carbonyl (C=O) groups excluding carboxylic acids is 1. The SMILES string of the molecule is COc1cc(OC)c2c(ccc3cc(OC(C)=O)ccc32)c1. The number of carbonyl (C=O) groups is 1. The summed E-state index contributed by atoms with van der Waals surface area (Å²) in [6.45, 7) is 1.39. The molecule has 0 N–H and O–H groups in total. The average molecular weight is 296 g/mol. The second-order valence-electron chi connectivity index (χ2n) is 4.97. The third kappa shape index (κ3) is 2.44. The Morgan fingerprint density at radius 2 is 1.59 bits per heavy atom. The monoisotopic (exact) mass is 296 g/mol. The Hall–Kier alpha value is -2.75. The number of rotatable bonds is 3. The summed E-state index contributed by atoms with van der Waals surface area (Å²) in [5.74, 6) is 1.70. The van der Waals surface area contributed by atoms with Crippen molar-refractivity contribution in [2.45, 2.75) is 6.92 Å². The van der Waals surface area contributed by atoms with E-state index in [2.05, 4.69) is 0 Å². The van der Waals surface area contributed by atoms with Crippen LogP contribution in [0.3, 0.4) is 0 Å². The van der Waals surface area contributed by atoms with Crippen LogP contribution in [0.5, 0.6) is 17.2 Å². The van der Waals surface area contributed by atoms with Crippen molar-refractivity contribution >= 4 is 27.5 Å². The van der Waals surface area contributed by atoms with Crippen LogP contribution >= 0.6 is 0 Å². The van der Waals surface area contributed by atoms with Gasteiger partial charge in [-0.15, -0.1) is 0 Å². The molecule has 3 rings (SSSR count). The molecule has 0 aliphatic carbocycles. The summed E-state index contributed by atoms with van der Waals surface area (Å²) in [6, 6.07) is 13.4. The summed E-state index contributed by atoms with van der Waals surface area (Å²) in [5.41, 5.74) is 0. The average Bonchev–Trinajstić information content (AvgIpc) is 2.52. The number of methoxy groups -OCH3 is 2. The number of hydrogen-bond acceptors (Lipinski definition) is 4. The lowest BCUT2D eigenvalue weighted by Crippen LogP contribution is -2.00. The van der Waals surface area contributed by atoms with E-state index in [-0.39, 0.29) is 5.97 Å². The summed E-state index contributed by atoms with van der Waals surface area (Å²) in [6.07, 6.45) is 0. The molecule has 0 fully saturated rings. The van der Waals surface area contributed by atoms with Crippen LogP contribution in [0.1, 0.15) is 6.92 Å². The molecule has 4 heteroatoms. The molecule has 0 radical (unpaired) electrons. The third-order valence-corrected chi connectivity index (χ3v) is 3.56. The van der Waals surface area contributed by atoms with E-state index in [1.54, 1.807) is 20.3 Å². The van der Waals surface area contributed by atoms with Crippen LogP contribution in [0.15, 0.2) is 42.5 Å². The molecule has 112 valence electrons. The highest BCUT2D eigenvalue weighted by Crippen LogP contribution is 2.37. The highest BCUT2D eigenvalue weighted by Gasteiger charge is 2.10. The fourth-order valence-electron chi connectivity index (χ4n) is 2.62. The van der Waals surface area contributed by atoms with Crippen LogP contribution in [0.4, 0.5) is 0 Å². The molecule has 0 spiro atoms. The highest BCUT2D eigenvalue weighted by molar-refractivity contribution is 6.11. The van der Waals surface area contributed by atoms with Crippen molar-refractivity contribution in [1.82, 2.24) is 0 Å². The molecule has 0 amide bonds. The Kier molecular flexibility index (Phi) is 3.59. The molecule has 0 aromatic heterocycles. The summed E-state index contributed by atoms with van der Waals surface area (Å²) in [4.78, 5) is 11.1. The van der Waals surface area contributed by atoms with Gasteiger partial charge in [0.2, 0.25) is 0 Å². The van der Waals surface area contributed by atoms with Crippen LogP contribution in [0, 0.1) is 0 Å². The van der Waals surface area contributed by atoms with Crippen molar-refractivity contribution in [2.24, 2.45) is 0 Å². The number of esters is 1. The van der Waals surface area contributed by atoms with E-state index >= 15 is 0 Å². The molecular weight excluding hydrogens is 280 g/mol. The van der Waals surface area contributed by atoms with Gasteiger partial charge in [0, 0.05) is 18.4 Å². The van der Waals surface area contributed by atoms with Gasteiger partial charge in [0.1, 0.15) is 17.2 Å². The van der Waals surface area contributed by atoms with Gasteiger partial charge >= 0.3 is 5.97 Å². The lowest BCUT2D eigenvalue weighted by molar-refractivity contribution is -0.131. The number of hydrogen-bond donors (Lipinski definition) is 0. The number of benzene rings is 3. The third-order valence-electron chi connectivity index (χ3n) is 3.56. The molecule has 0 heterocycles. The second kappa shape index (κ2) is 5.56. The standard InChI is InChI=1S/C18H16O4/c1-11(19)22-14-6-7-16-12(8-14)4-5-13-9-15(20-2)10-17(21-3)18(13)16/h4-10H,1-3H3. The lowest BCUT2D eigenvalue weighted by atomic mass is 10.0. The first kappa shape index (κ1) is 14.2. The molecule has 0 bridgehead atoms. The van der Waals surface area contributed by atoms with Gasteiger partial charge in [-0.05, 0) is 40.4 Å². The van der Waals surface area contributed by atoms with E-state index < -0.39 is 0 Å². The minimum Gasteiger partial charge on any atom is -0.497 e. The fourth-order valence-corrected chi connectivity index (χ4v) is 2.62. The van der Waals surface area contributed by atoms with E-state index in [1.807, 2.05) is 36.4 Å². The van der Waals surface area contributed by atoms with Crippen molar-refractivity contribution in [3.05, 3.63) is 42.5 Å². The summed E-state index contributed by atoms with van der Waals surface area (Å²) in [5, 5.41) is 4.06. The van der Waals surface area contributed by atoms with Gasteiger partial charge < -0.3 is 14.2 Å². The normalized spacial score (nSPS) is 10.7. The Labute approximate surface area is 128 Å². The second-order valence-corrected chi connectivity index (χ2v) is 4.97. The minimum atomic E-state index is -0.331. The van der Waals surface area contributed by atoms with E-state index in [0.29, 0.717) is 5.75 Å². The first-order chi connectivity index (χ1) is 10.6. The Morgan fingerprint density at radius 1 is 0.864 bits per heavy atom. The van der Waals surface area contributed by atoms with Crippen LogP contribution in [-0.2, 0) is 4.79 Å². The maximum Gasteiger partial charge on any atom is 0.308 e. The number of fused-ring (bicyclic) bond motifs is 3. The zero-order chi connectivity index (χ0) is 15.7. The Balaban J connectivity index is 2.28. The molecule has 3 aromatic rings. The van der Waals surface area contributed by atoms with Gasteiger partial charge in [0.25, 0.3) is 0 Å². The molecule has 0 atom stereocenters. The molecule has 3 aromatic carbocycles. The zero-order valence-corrected chi connectivity index (χ0v) is 12.7. The van der Waals surface area contributed by atoms with E-state index in [4.69, 9.17) is 14.2 Å². The highest BCUT2D eigenvalue weighted by atomic mass is 16.5. The molecule has 0 aliphatic heterocycles. The Morgan fingerprint density at radius 3 is 2.27 bits per heavy atom. The lowest BCUT2D eigenvalue weighted by Gasteiger charge is -2.12. The quantitative estimate of drug-likeness (QED) is 0.417. The van der Waals surface area contributed by atoms with Gasteiger partial charge in [0.05, 0.1) is 14.2 Å². The van der Waals surface area contributed by atoms with Gasteiger partial charge in [-0.1, -0.05) is 12.1 Å². The molecule has 4 nitrogen and oxygen atoms in total. The van der Waals surface area contributed by atoms with E-state index in [9.17, 15) is 4.79 Å². The first-order valence-electron chi connectivity index (χ1n) is 6.89. The molecule has 0 saturated heterocycles. The summed E-state index contributed by atoms with van der Waals surface area (Å²) in [7, 11) is 3.27. The van der Waals surface area contributed by atoms with Gasteiger partial charge in [-0.3, -0.25) is 4.79 Å². The van der Waals surface area contributed by atoms with Gasteiger partial charge in [-0.25, -0.2) is 0 Å².